The number of thiophene rings is 1. The first-order valence-corrected chi connectivity index (χ1v) is 8.09. The largest absolute Gasteiger partial charge is 0.573 e. The number of halogens is 3. The predicted octanol–water partition coefficient (Wildman–Crippen LogP) is 3.43. The second-order valence-corrected chi connectivity index (χ2v) is 5.85. The van der Waals surface area contributed by atoms with Gasteiger partial charge in [0.15, 0.2) is 0 Å². The molecular weight excluding hydrogens is 343 g/mol. The molecule has 1 atom stereocenters. The van der Waals surface area contributed by atoms with Gasteiger partial charge >= 0.3 is 6.36 Å². The number of aliphatic hydroxyl groups is 1. The van der Waals surface area contributed by atoms with Crippen LogP contribution in [0.3, 0.4) is 0 Å². The Morgan fingerprint density at radius 2 is 1.96 bits per heavy atom. The molecule has 0 saturated heterocycles. The van der Waals surface area contributed by atoms with E-state index in [1.807, 2.05) is 16.8 Å². The Balaban J connectivity index is 1.77. The number of benzene rings is 1. The molecule has 2 aromatic rings. The topological polar surface area (TPSA) is 58.6 Å². The third kappa shape index (κ3) is 6.21. The monoisotopic (exact) mass is 359 g/mol. The summed E-state index contributed by atoms with van der Waals surface area (Å²) in [5.74, 6) is -0.560. The standard InChI is InChI=1S/C16H16F3NO3S/c17-16(18,19)23-13-4-2-12(3-5-13)14(21)9-20-15(22)6-1-11-7-8-24-10-11/h2-5,7-8,10,14,21H,1,6,9H2,(H,20,22). The summed E-state index contributed by atoms with van der Waals surface area (Å²) in [5.41, 5.74) is 1.47. The van der Waals surface area contributed by atoms with Crippen LogP contribution in [0.2, 0.25) is 0 Å². The minimum atomic E-state index is -4.75. The van der Waals surface area contributed by atoms with E-state index < -0.39 is 12.5 Å². The Morgan fingerprint density at radius 1 is 1.25 bits per heavy atom. The average molecular weight is 359 g/mol. The highest BCUT2D eigenvalue weighted by Gasteiger charge is 2.31. The summed E-state index contributed by atoms with van der Waals surface area (Å²) < 4.78 is 39.9. The molecule has 0 radical (unpaired) electrons. The van der Waals surface area contributed by atoms with Gasteiger partial charge in [-0.3, -0.25) is 4.79 Å². The second-order valence-electron chi connectivity index (χ2n) is 5.07. The number of hydrogen-bond acceptors (Lipinski definition) is 4. The van der Waals surface area contributed by atoms with Crippen LogP contribution in [0.5, 0.6) is 5.75 Å². The number of alkyl halides is 3. The summed E-state index contributed by atoms with van der Waals surface area (Å²) in [6.07, 6.45) is -4.83. The lowest BCUT2D eigenvalue weighted by atomic mass is 10.1. The van der Waals surface area contributed by atoms with Crippen molar-refractivity contribution in [3.05, 3.63) is 52.2 Å². The molecule has 2 rings (SSSR count). The lowest BCUT2D eigenvalue weighted by Gasteiger charge is -2.13. The smallest absolute Gasteiger partial charge is 0.406 e. The summed E-state index contributed by atoms with van der Waals surface area (Å²) >= 11 is 1.56. The number of carbonyl (C=O) groups is 1. The van der Waals surface area contributed by atoms with Crippen molar-refractivity contribution in [3.8, 4) is 5.75 Å². The summed E-state index contributed by atoms with van der Waals surface area (Å²) in [7, 11) is 0. The number of aryl methyl sites for hydroxylation is 1. The molecule has 1 unspecified atom stereocenters. The van der Waals surface area contributed by atoms with Crippen LogP contribution in [-0.4, -0.2) is 23.9 Å². The van der Waals surface area contributed by atoms with Crippen molar-refractivity contribution in [2.24, 2.45) is 0 Å². The van der Waals surface area contributed by atoms with Crippen LogP contribution in [0, 0.1) is 0 Å². The van der Waals surface area contributed by atoms with Crippen molar-refractivity contribution >= 4 is 17.2 Å². The number of ether oxygens (including phenoxy) is 1. The zero-order valence-corrected chi connectivity index (χ0v) is 13.4. The molecule has 0 aliphatic heterocycles. The Bertz CT molecular complexity index is 642. The number of amides is 1. The van der Waals surface area contributed by atoms with Gasteiger partial charge < -0.3 is 15.2 Å². The van der Waals surface area contributed by atoms with E-state index in [9.17, 15) is 23.1 Å². The van der Waals surface area contributed by atoms with Crippen LogP contribution in [0.1, 0.15) is 23.7 Å². The first-order chi connectivity index (χ1) is 11.3. The molecule has 2 N–H and O–H groups in total. The van der Waals surface area contributed by atoms with Gasteiger partial charge in [-0.05, 0) is 46.5 Å². The minimum absolute atomic E-state index is 0.0120. The summed E-state index contributed by atoms with van der Waals surface area (Å²) in [6, 6.07) is 6.82. The maximum Gasteiger partial charge on any atom is 0.573 e. The van der Waals surface area contributed by atoms with Crippen LogP contribution in [0.25, 0.3) is 0 Å². The molecular formula is C16H16F3NO3S. The SMILES string of the molecule is O=C(CCc1ccsc1)NCC(O)c1ccc(OC(F)(F)F)cc1. The molecule has 0 fully saturated rings. The maximum atomic E-state index is 12.1. The maximum absolute atomic E-state index is 12.1. The molecule has 0 saturated carbocycles. The molecule has 130 valence electrons. The van der Waals surface area contributed by atoms with Gasteiger partial charge in [-0.25, -0.2) is 0 Å². The second kappa shape index (κ2) is 8.16. The molecule has 0 spiro atoms. The van der Waals surface area contributed by atoms with Crippen molar-refractivity contribution in [2.75, 3.05) is 6.54 Å². The van der Waals surface area contributed by atoms with E-state index in [4.69, 9.17) is 0 Å². The van der Waals surface area contributed by atoms with Crippen molar-refractivity contribution in [1.82, 2.24) is 5.32 Å². The van der Waals surface area contributed by atoms with E-state index >= 15 is 0 Å². The summed E-state index contributed by atoms with van der Waals surface area (Å²) in [5, 5.41) is 16.5. The molecule has 8 heteroatoms. The normalized spacial score (nSPS) is 12.7. The highest BCUT2D eigenvalue weighted by atomic mass is 32.1. The Labute approximate surface area is 140 Å². The van der Waals surface area contributed by atoms with Gasteiger partial charge in [-0.2, -0.15) is 11.3 Å². The van der Waals surface area contributed by atoms with Crippen LogP contribution >= 0.6 is 11.3 Å². The van der Waals surface area contributed by atoms with Gasteiger partial charge in [-0.1, -0.05) is 12.1 Å². The van der Waals surface area contributed by atoms with E-state index in [0.29, 0.717) is 18.4 Å². The summed E-state index contributed by atoms with van der Waals surface area (Å²) in [4.78, 5) is 11.7. The lowest BCUT2D eigenvalue weighted by Crippen LogP contribution is -2.28. The van der Waals surface area contributed by atoms with Gasteiger partial charge in [0.1, 0.15) is 5.75 Å². The van der Waals surface area contributed by atoms with Gasteiger partial charge in [-0.15, -0.1) is 13.2 Å². The molecule has 24 heavy (non-hydrogen) atoms. The highest BCUT2D eigenvalue weighted by Crippen LogP contribution is 2.24. The molecule has 1 aromatic carbocycles. The predicted molar refractivity (Wildman–Crippen MR) is 83.7 cm³/mol. The highest BCUT2D eigenvalue weighted by molar-refractivity contribution is 7.07. The van der Waals surface area contributed by atoms with Gasteiger partial charge in [0.25, 0.3) is 0 Å². The minimum Gasteiger partial charge on any atom is -0.406 e. The van der Waals surface area contributed by atoms with Gasteiger partial charge in [0.05, 0.1) is 6.10 Å². The van der Waals surface area contributed by atoms with Crippen molar-refractivity contribution in [1.29, 1.82) is 0 Å². The number of hydrogen-bond donors (Lipinski definition) is 2. The molecule has 0 aliphatic rings. The average Bonchev–Trinajstić information content (AvgIpc) is 3.03. The molecule has 1 heterocycles. The van der Waals surface area contributed by atoms with Crippen LogP contribution in [0.15, 0.2) is 41.1 Å². The quantitative estimate of drug-likeness (QED) is 0.796. The third-order valence-corrected chi connectivity index (χ3v) is 3.94. The van der Waals surface area contributed by atoms with Crippen LogP contribution < -0.4 is 10.1 Å². The fourth-order valence-corrected chi connectivity index (χ4v) is 2.70. The fourth-order valence-electron chi connectivity index (χ4n) is 2.00. The Kier molecular flexibility index (Phi) is 6.22. The molecule has 0 aliphatic carbocycles. The van der Waals surface area contributed by atoms with Crippen molar-refractivity contribution in [2.45, 2.75) is 25.3 Å². The lowest BCUT2D eigenvalue weighted by molar-refractivity contribution is -0.274. The van der Waals surface area contributed by atoms with Gasteiger partial charge in [0.2, 0.25) is 5.91 Å². The molecule has 1 aromatic heterocycles. The zero-order valence-electron chi connectivity index (χ0n) is 12.5. The molecule has 0 bridgehead atoms. The summed E-state index contributed by atoms with van der Waals surface area (Å²) in [6.45, 7) is -0.0120. The Morgan fingerprint density at radius 3 is 2.54 bits per heavy atom. The van der Waals surface area contributed by atoms with E-state index in [1.165, 1.54) is 12.1 Å². The van der Waals surface area contributed by atoms with Crippen molar-refractivity contribution in [3.63, 3.8) is 0 Å². The molecule has 4 nitrogen and oxygen atoms in total. The first kappa shape index (κ1) is 18.3. The first-order valence-electron chi connectivity index (χ1n) is 7.15. The number of nitrogens with one attached hydrogen (secondary N) is 1. The van der Waals surface area contributed by atoms with E-state index in [2.05, 4.69) is 10.1 Å². The number of aliphatic hydroxyl groups excluding tert-OH is 1. The zero-order chi connectivity index (χ0) is 17.6. The third-order valence-electron chi connectivity index (χ3n) is 3.21. The van der Waals surface area contributed by atoms with E-state index in [-0.39, 0.29) is 18.2 Å². The molecule has 1 amide bonds. The van der Waals surface area contributed by atoms with Crippen LogP contribution in [0.4, 0.5) is 13.2 Å². The number of rotatable bonds is 7. The Hall–Kier alpha value is -2.06. The van der Waals surface area contributed by atoms with E-state index in [0.717, 1.165) is 17.7 Å². The van der Waals surface area contributed by atoms with Crippen molar-refractivity contribution < 1.29 is 27.8 Å². The van der Waals surface area contributed by atoms with E-state index in [1.54, 1.807) is 11.3 Å². The fraction of sp³-hybridized carbons (Fsp3) is 0.312. The van der Waals surface area contributed by atoms with Gasteiger partial charge in [0, 0.05) is 13.0 Å². The number of carbonyl (C=O) groups excluding carboxylic acids is 1. The van der Waals surface area contributed by atoms with Crippen LogP contribution in [-0.2, 0) is 11.2 Å².